The molecule has 1 fully saturated rings. The van der Waals surface area contributed by atoms with Crippen molar-refractivity contribution in [1.82, 2.24) is 10.6 Å². The zero-order valence-corrected chi connectivity index (χ0v) is 9.20. The van der Waals surface area contributed by atoms with E-state index in [1.807, 2.05) is 0 Å². The molecule has 1 aliphatic heterocycles. The lowest BCUT2D eigenvalue weighted by molar-refractivity contribution is -0.153. The summed E-state index contributed by atoms with van der Waals surface area (Å²) in [5.74, 6) is -1.26. The summed E-state index contributed by atoms with van der Waals surface area (Å²) in [6, 6.07) is 0. The van der Waals surface area contributed by atoms with Crippen molar-refractivity contribution < 1.29 is 23.1 Å². The number of hydrogen-bond donors (Lipinski definition) is 3. The number of carbonyl (C=O) groups excluding carboxylic acids is 1. The van der Waals surface area contributed by atoms with Crippen molar-refractivity contribution in [3.8, 4) is 0 Å². The third kappa shape index (κ3) is 5.53. The van der Waals surface area contributed by atoms with Crippen LogP contribution in [0, 0.1) is 5.92 Å². The standard InChI is InChI=1S/C8H13F3N2O2.ClH/c9-8(10,11)1-7(15)13-3-5-2-12-4-6(5)14;/h5-6,12,14H,1-4H2,(H,13,15);1H. The molecule has 0 aromatic heterocycles. The van der Waals surface area contributed by atoms with E-state index in [1.54, 1.807) is 0 Å². The Morgan fingerprint density at radius 1 is 1.44 bits per heavy atom. The van der Waals surface area contributed by atoms with Gasteiger partial charge in [0.15, 0.2) is 0 Å². The minimum atomic E-state index is -4.48. The molecule has 1 heterocycles. The number of amides is 1. The van der Waals surface area contributed by atoms with Crippen molar-refractivity contribution in [2.24, 2.45) is 5.92 Å². The molecule has 0 aromatic carbocycles. The Bertz CT molecular complexity index is 238. The molecule has 8 heteroatoms. The number of carbonyl (C=O) groups is 1. The van der Waals surface area contributed by atoms with Crippen LogP contribution in [0.5, 0.6) is 0 Å². The van der Waals surface area contributed by atoms with Crippen LogP contribution >= 0.6 is 12.4 Å². The van der Waals surface area contributed by atoms with Crippen LogP contribution in [-0.2, 0) is 4.79 Å². The largest absolute Gasteiger partial charge is 0.397 e. The number of hydrogen-bond acceptors (Lipinski definition) is 3. The predicted molar refractivity (Wildman–Crippen MR) is 53.3 cm³/mol. The van der Waals surface area contributed by atoms with Gasteiger partial charge in [0.1, 0.15) is 6.42 Å². The van der Waals surface area contributed by atoms with Crippen LogP contribution in [0.1, 0.15) is 6.42 Å². The molecular formula is C8H14ClF3N2O2. The fraction of sp³-hybridized carbons (Fsp3) is 0.875. The number of alkyl halides is 3. The van der Waals surface area contributed by atoms with Gasteiger partial charge in [0.25, 0.3) is 0 Å². The minimum Gasteiger partial charge on any atom is -0.391 e. The van der Waals surface area contributed by atoms with Crippen LogP contribution in [0.15, 0.2) is 0 Å². The Morgan fingerprint density at radius 2 is 2.06 bits per heavy atom. The maximum absolute atomic E-state index is 11.8. The second-order valence-electron chi connectivity index (χ2n) is 3.58. The molecule has 0 bridgehead atoms. The Labute approximate surface area is 97.0 Å². The van der Waals surface area contributed by atoms with Gasteiger partial charge in [-0.25, -0.2) is 0 Å². The van der Waals surface area contributed by atoms with Crippen LogP contribution in [0.3, 0.4) is 0 Å². The average Bonchev–Trinajstić information content (AvgIpc) is 2.44. The van der Waals surface area contributed by atoms with Gasteiger partial charge in [0.05, 0.1) is 6.10 Å². The van der Waals surface area contributed by atoms with Gasteiger partial charge < -0.3 is 15.7 Å². The second-order valence-corrected chi connectivity index (χ2v) is 3.58. The highest BCUT2D eigenvalue weighted by atomic mass is 35.5. The van der Waals surface area contributed by atoms with E-state index >= 15 is 0 Å². The minimum absolute atomic E-state index is 0. The number of halogens is 4. The van der Waals surface area contributed by atoms with Gasteiger partial charge in [0, 0.05) is 25.6 Å². The van der Waals surface area contributed by atoms with Crippen molar-refractivity contribution in [1.29, 1.82) is 0 Å². The fourth-order valence-corrected chi connectivity index (χ4v) is 1.42. The van der Waals surface area contributed by atoms with Crippen LogP contribution in [0.4, 0.5) is 13.2 Å². The number of β-amino-alcohol motifs (C(OH)–C–C–N with tert-alkyl or cyclic N) is 1. The molecule has 1 rings (SSSR count). The lowest BCUT2D eigenvalue weighted by Crippen LogP contribution is -2.36. The van der Waals surface area contributed by atoms with E-state index in [2.05, 4.69) is 10.6 Å². The van der Waals surface area contributed by atoms with E-state index in [9.17, 15) is 23.1 Å². The summed E-state index contributed by atoms with van der Waals surface area (Å²) in [5.41, 5.74) is 0. The van der Waals surface area contributed by atoms with Crippen LogP contribution < -0.4 is 10.6 Å². The van der Waals surface area contributed by atoms with Crippen molar-refractivity contribution in [3.63, 3.8) is 0 Å². The molecule has 1 saturated heterocycles. The smallest absolute Gasteiger partial charge is 0.391 e. The quantitative estimate of drug-likeness (QED) is 0.674. The zero-order valence-electron chi connectivity index (χ0n) is 8.38. The maximum Gasteiger partial charge on any atom is 0.397 e. The molecule has 0 saturated carbocycles. The molecule has 0 aromatic rings. The molecule has 4 nitrogen and oxygen atoms in total. The number of nitrogens with one attached hydrogen (secondary N) is 2. The first kappa shape index (κ1) is 15.5. The van der Waals surface area contributed by atoms with Crippen molar-refractivity contribution in [2.45, 2.75) is 18.7 Å². The van der Waals surface area contributed by atoms with Crippen LogP contribution in [0.2, 0.25) is 0 Å². The summed E-state index contributed by atoms with van der Waals surface area (Å²) in [7, 11) is 0. The summed E-state index contributed by atoms with van der Waals surface area (Å²) in [6.45, 7) is 0.996. The average molecular weight is 263 g/mol. The van der Waals surface area contributed by atoms with Gasteiger partial charge in [0.2, 0.25) is 5.91 Å². The maximum atomic E-state index is 11.8. The first-order valence-corrected chi connectivity index (χ1v) is 4.61. The van der Waals surface area contributed by atoms with Gasteiger partial charge in [-0.2, -0.15) is 13.2 Å². The summed E-state index contributed by atoms with van der Waals surface area (Å²) >= 11 is 0. The molecule has 0 spiro atoms. The Morgan fingerprint density at radius 3 is 2.50 bits per heavy atom. The number of rotatable bonds is 3. The molecule has 2 atom stereocenters. The molecule has 96 valence electrons. The van der Waals surface area contributed by atoms with E-state index in [0.717, 1.165) is 0 Å². The molecule has 2 unspecified atom stereocenters. The van der Waals surface area contributed by atoms with E-state index in [0.29, 0.717) is 13.1 Å². The van der Waals surface area contributed by atoms with Gasteiger partial charge in [-0.3, -0.25) is 4.79 Å². The van der Waals surface area contributed by atoms with E-state index < -0.39 is 24.6 Å². The summed E-state index contributed by atoms with van der Waals surface area (Å²) in [5, 5.41) is 14.3. The van der Waals surface area contributed by atoms with Crippen LogP contribution in [0.25, 0.3) is 0 Å². The van der Waals surface area contributed by atoms with E-state index in [1.165, 1.54) is 0 Å². The van der Waals surface area contributed by atoms with E-state index in [-0.39, 0.29) is 24.9 Å². The number of aliphatic hydroxyl groups is 1. The molecular weight excluding hydrogens is 249 g/mol. The molecule has 0 radical (unpaired) electrons. The first-order chi connectivity index (χ1) is 6.88. The Hall–Kier alpha value is -0.530. The van der Waals surface area contributed by atoms with Gasteiger partial charge in [-0.1, -0.05) is 0 Å². The topological polar surface area (TPSA) is 61.4 Å². The molecule has 1 aliphatic rings. The highest BCUT2D eigenvalue weighted by molar-refractivity contribution is 5.85. The lowest BCUT2D eigenvalue weighted by Gasteiger charge is -2.14. The molecule has 3 N–H and O–H groups in total. The fourth-order valence-electron chi connectivity index (χ4n) is 1.42. The first-order valence-electron chi connectivity index (χ1n) is 4.61. The van der Waals surface area contributed by atoms with Crippen molar-refractivity contribution in [3.05, 3.63) is 0 Å². The normalized spacial score (nSPS) is 25.0. The molecule has 0 aliphatic carbocycles. The van der Waals surface area contributed by atoms with Crippen LogP contribution in [-0.4, -0.2) is 42.9 Å². The lowest BCUT2D eigenvalue weighted by atomic mass is 10.1. The second kappa shape index (κ2) is 6.27. The number of aliphatic hydroxyl groups excluding tert-OH is 1. The molecule has 16 heavy (non-hydrogen) atoms. The molecule has 1 amide bonds. The van der Waals surface area contributed by atoms with Gasteiger partial charge in [-0.15, -0.1) is 12.4 Å². The van der Waals surface area contributed by atoms with Gasteiger partial charge >= 0.3 is 6.18 Å². The zero-order chi connectivity index (χ0) is 11.5. The highest BCUT2D eigenvalue weighted by Gasteiger charge is 2.32. The summed E-state index contributed by atoms with van der Waals surface area (Å²) < 4.78 is 35.3. The Balaban J connectivity index is 0.00000225. The summed E-state index contributed by atoms with van der Waals surface area (Å²) in [4.78, 5) is 10.8. The van der Waals surface area contributed by atoms with E-state index in [4.69, 9.17) is 0 Å². The Kier molecular flexibility index (Phi) is 6.06. The third-order valence-corrected chi connectivity index (χ3v) is 2.23. The van der Waals surface area contributed by atoms with Crippen molar-refractivity contribution in [2.75, 3.05) is 19.6 Å². The monoisotopic (exact) mass is 262 g/mol. The predicted octanol–water partition coefficient (Wildman–Crippen LogP) is 0.0571. The SMILES string of the molecule is Cl.O=C(CC(F)(F)F)NCC1CNCC1O. The highest BCUT2D eigenvalue weighted by Crippen LogP contribution is 2.19. The van der Waals surface area contributed by atoms with Crippen molar-refractivity contribution >= 4 is 18.3 Å². The van der Waals surface area contributed by atoms with Gasteiger partial charge in [-0.05, 0) is 0 Å². The third-order valence-electron chi connectivity index (χ3n) is 2.23. The summed E-state index contributed by atoms with van der Waals surface area (Å²) in [6.07, 6.45) is -6.55.